The number of carbonyl (C=O) groups excluding carboxylic acids is 1. The molecule has 106 valence electrons. The summed E-state index contributed by atoms with van der Waals surface area (Å²) in [5, 5.41) is 2.44. The second kappa shape index (κ2) is 7.19. The molecular weight excluding hydrogens is 250 g/mol. The van der Waals surface area contributed by atoms with Gasteiger partial charge in [-0.05, 0) is 36.9 Å². The highest BCUT2D eigenvalue weighted by atomic mass is 19.1. The maximum absolute atomic E-state index is 13.4. The molecule has 3 nitrogen and oxygen atoms in total. The predicted octanol–water partition coefficient (Wildman–Crippen LogP) is 2.91. The van der Waals surface area contributed by atoms with Gasteiger partial charge in [-0.15, -0.1) is 0 Å². The van der Waals surface area contributed by atoms with Crippen LogP contribution in [-0.2, 0) is 4.79 Å². The van der Waals surface area contributed by atoms with E-state index in [2.05, 4.69) is 19.2 Å². The van der Waals surface area contributed by atoms with Crippen LogP contribution in [0.25, 0.3) is 0 Å². The molecular formula is C14H20F2N2O. The summed E-state index contributed by atoms with van der Waals surface area (Å²) < 4.78 is 26.1. The fourth-order valence-electron chi connectivity index (χ4n) is 1.98. The first-order valence-corrected chi connectivity index (χ1v) is 6.37. The Balaban J connectivity index is 2.59. The Labute approximate surface area is 112 Å². The van der Waals surface area contributed by atoms with Gasteiger partial charge in [-0.3, -0.25) is 4.79 Å². The van der Waals surface area contributed by atoms with Crippen molar-refractivity contribution in [2.24, 2.45) is 17.6 Å². The molecule has 0 heterocycles. The highest BCUT2D eigenvalue weighted by Crippen LogP contribution is 2.18. The minimum atomic E-state index is -0.776. The van der Waals surface area contributed by atoms with E-state index in [9.17, 15) is 13.6 Å². The van der Waals surface area contributed by atoms with E-state index in [0.717, 1.165) is 18.6 Å². The number of hydrogen-bond acceptors (Lipinski definition) is 2. The van der Waals surface area contributed by atoms with Gasteiger partial charge < -0.3 is 11.1 Å². The van der Waals surface area contributed by atoms with Gasteiger partial charge >= 0.3 is 0 Å². The molecule has 1 aromatic carbocycles. The summed E-state index contributed by atoms with van der Waals surface area (Å²) in [6, 6.07) is 3.06. The molecule has 0 aromatic heterocycles. The predicted molar refractivity (Wildman–Crippen MR) is 71.6 cm³/mol. The van der Waals surface area contributed by atoms with Crippen molar-refractivity contribution in [1.82, 2.24) is 0 Å². The van der Waals surface area contributed by atoms with Crippen LogP contribution >= 0.6 is 0 Å². The van der Waals surface area contributed by atoms with Gasteiger partial charge in [-0.1, -0.05) is 13.8 Å². The first-order chi connectivity index (χ1) is 8.92. The second-order valence-corrected chi connectivity index (χ2v) is 5.11. The molecule has 0 saturated heterocycles. The van der Waals surface area contributed by atoms with Crippen LogP contribution in [0, 0.1) is 23.5 Å². The Hall–Kier alpha value is -1.49. The highest BCUT2D eigenvalue weighted by molar-refractivity contribution is 5.90. The summed E-state index contributed by atoms with van der Waals surface area (Å²) in [6.07, 6.45) is 1.08. The number of rotatable bonds is 6. The summed E-state index contributed by atoms with van der Waals surface area (Å²) in [4.78, 5) is 11.8. The molecule has 1 rings (SSSR count). The molecule has 0 aliphatic heterocycles. The van der Waals surface area contributed by atoms with E-state index in [1.54, 1.807) is 0 Å². The molecule has 0 bridgehead atoms. The van der Waals surface area contributed by atoms with Gasteiger partial charge in [-0.2, -0.15) is 0 Å². The summed E-state index contributed by atoms with van der Waals surface area (Å²) in [5.74, 6) is -1.23. The van der Waals surface area contributed by atoms with E-state index in [-0.39, 0.29) is 23.9 Å². The number of nitrogens with one attached hydrogen (secondary N) is 1. The lowest BCUT2D eigenvalue weighted by Crippen LogP contribution is -2.23. The van der Waals surface area contributed by atoms with E-state index in [0.29, 0.717) is 12.5 Å². The molecule has 0 fully saturated rings. The largest absolute Gasteiger partial charge is 0.330 e. The fraction of sp³-hybridized carbons (Fsp3) is 0.500. The molecule has 1 aromatic rings. The maximum atomic E-state index is 13.4. The standard InChI is InChI=1S/C14H20F2N2O/c1-9(2)5-10(8-17)6-14(19)18-13-4-3-11(15)7-12(13)16/h3-4,7,9-10H,5-6,8,17H2,1-2H3,(H,18,19). The van der Waals surface area contributed by atoms with E-state index < -0.39 is 11.6 Å². The average Bonchev–Trinajstić information content (AvgIpc) is 2.31. The van der Waals surface area contributed by atoms with E-state index >= 15 is 0 Å². The number of anilines is 1. The van der Waals surface area contributed by atoms with Crippen molar-refractivity contribution in [3.05, 3.63) is 29.8 Å². The van der Waals surface area contributed by atoms with E-state index in [4.69, 9.17) is 5.73 Å². The average molecular weight is 270 g/mol. The van der Waals surface area contributed by atoms with Gasteiger partial charge in [-0.25, -0.2) is 8.78 Å². The molecule has 19 heavy (non-hydrogen) atoms. The minimum Gasteiger partial charge on any atom is -0.330 e. The van der Waals surface area contributed by atoms with E-state index in [1.165, 1.54) is 6.07 Å². The molecule has 0 spiro atoms. The number of benzene rings is 1. The molecule has 0 aliphatic rings. The third-order valence-electron chi connectivity index (χ3n) is 2.82. The van der Waals surface area contributed by atoms with Crippen LogP contribution in [0.15, 0.2) is 18.2 Å². The summed E-state index contributed by atoms with van der Waals surface area (Å²) in [6.45, 7) is 4.53. The van der Waals surface area contributed by atoms with Crippen LogP contribution in [0.3, 0.4) is 0 Å². The Bertz CT molecular complexity index is 435. The van der Waals surface area contributed by atoms with Crippen LogP contribution in [-0.4, -0.2) is 12.5 Å². The van der Waals surface area contributed by atoms with Crippen molar-refractivity contribution in [1.29, 1.82) is 0 Å². The van der Waals surface area contributed by atoms with Gasteiger partial charge in [0.15, 0.2) is 0 Å². The molecule has 5 heteroatoms. The van der Waals surface area contributed by atoms with Gasteiger partial charge in [0.1, 0.15) is 11.6 Å². The summed E-state index contributed by atoms with van der Waals surface area (Å²) in [5.41, 5.74) is 5.60. The monoisotopic (exact) mass is 270 g/mol. The molecule has 1 amide bonds. The lowest BCUT2D eigenvalue weighted by Gasteiger charge is -2.16. The van der Waals surface area contributed by atoms with Crippen molar-refractivity contribution < 1.29 is 13.6 Å². The molecule has 1 unspecified atom stereocenters. The highest BCUT2D eigenvalue weighted by Gasteiger charge is 2.15. The second-order valence-electron chi connectivity index (χ2n) is 5.11. The Kier molecular flexibility index (Phi) is 5.89. The van der Waals surface area contributed by atoms with Gasteiger partial charge in [0.2, 0.25) is 5.91 Å². The van der Waals surface area contributed by atoms with Crippen LogP contribution in [0.2, 0.25) is 0 Å². The lowest BCUT2D eigenvalue weighted by molar-refractivity contribution is -0.117. The normalized spacial score (nSPS) is 12.5. The fourth-order valence-corrected chi connectivity index (χ4v) is 1.98. The Morgan fingerprint density at radius 2 is 2.05 bits per heavy atom. The first kappa shape index (κ1) is 15.6. The van der Waals surface area contributed by atoms with Crippen LogP contribution in [0.5, 0.6) is 0 Å². The minimum absolute atomic E-state index is 0.00767. The van der Waals surface area contributed by atoms with Crippen LogP contribution < -0.4 is 11.1 Å². The zero-order chi connectivity index (χ0) is 14.4. The number of amides is 1. The zero-order valence-corrected chi connectivity index (χ0v) is 11.2. The smallest absolute Gasteiger partial charge is 0.224 e. The SMILES string of the molecule is CC(C)CC(CN)CC(=O)Nc1ccc(F)cc1F. The Morgan fingerprint density at radius 3 is 2.58 bits per heavy atom. The molecule has 0 aliphatic carbocycles. The maximum Gasteiger partial charge on any atom is 0.224 e. The van der Waals surface area contributed by atoms with Gasteiger partial charge in [0, 0.05) is 12.5 Å². The van der Waals surface area contributed by atoms with Crippen molar-refractivity contribution >= 4 is 11.6 Å². The zero-order valence-electron chi connectivity index (χ0n) is 11.2. The van der Waals surface area contributed by atoms with Crippen LogP contribution in [0.1, 0.15) is 26.7 Å². The van der Waals surface area contributed by atoms with Gasteiger partial charge in [0.25, 0.3) is 0 Å². The number of hydrogen-bond donors (Lipinski definition) is 2. The van der Waals surface area contributed by atoms with Gasteiger partial charge in [0.05, 0.1) is 5.69 Å². The third-order valence-corrected chi connectivity index (χ3v) is 2.82. The number of halogens is 2. The summed E-state index contributed by atoms with van der Waals surface area (Å²) in [7, 11) is 0. The number of nitrogens with two attached hydrogens (primary N) is 1. The molecule has 3 N–H and O–H groups in total. The van der Waals surface area contributed by atoms with Crippen LogP contribution in [0.4, 0.5) is 14.5 Å². The first-order valence-electron chi connectivity index (χ1n) is 6.37. The Morgan fingerprint density at radius 1 is 1.37 bits per heavy atom. The van der Waals surface area contributed by atoms with Crippen molar-refractivity contribution in [2.75, 3.05) is 11.9 Å². The van der Waals surface area contributed by atoms with Crippen molar-refractivity contribution in [3.63, 3.8) is 0 Å². The lowest BCUT2D eigenvalue weighted by atomic mass is 9.94. The molecule has 1 atom stereocenters. The van der Waals surface area contributed by atoms with Crippen molar-refractivity contribution in [2.45, 2.75) is 26.7 Å². The third kappa shape index (κ3) is 5.34. The quantitative estimate of drug-likeness (QED) is 0.835. The number of carbonyl (C=O) groups is 1. The van der Waals surface area contributed by atoms with E-state index in [1.807, 2.05) is 0 Å². The topological polar surface area (TPSA) is 55.1 Å². The summed E-state index contributed by atoms with van der Waals surface area (Å²) >= 11 is 0. The van der Waals surface area contributed by atoms with Crippen molar-refractivity contribution in [3.8, 4) is 0 Å². The molecule has 0 saturated carbocycles. The molecule has 0 radical (unpaired) electrons.